The van der Waals surface area contributed by atoms with E-state index < -0.39 is 0 Å². The summed E-state index contributed by atoms with van der Waals surface area (Å²) in [6.45, 7) is 8.73. The molecule has 0 bridgehead atoms. The van der Waals surface area contributed by atoms with Crippen molar-refractivity contribution in [1.82, 2.24) is 0 Å². The van der Waals surface area contributed by atoms with Crippen molar-refractivity contribution < 1.29 is 0 Å². The van der Waals surface area contributed by atoms with Gasteiger partial charge in [-0.05, 0) is 37.1 Å². The van der Waals surface area contributed by atoms with Gasteiger partial charge in [0.05, 0.1) is 0 Å². The number of hydrogen-bond acceptors (Lipinski definition) is 1. The lowest BCUT2D eigenvalue weighted by atomic mass is 10.1. The summed E-state index contributed by atoms with van der Waals surface area (Å²) in [5.74, 6) is 0. The molecule has 0 amide bonds. The molecule has 1 nitrogen and oxygen atoms in total. The molecular formula is C11H13Br2N. The molecule has 0 radical (unpaired) electrons. The Morgan fingerprint density at radius 2 is 1.86 bits per heavy atom. The lowest BCUT2D eigenvalue weighted by Gasteiger charge is -2.12. The van der Waals surface area contributed by atoms with Crippen molar-refractivity contribution in [3.63, 3.8) is 0 Å². The highest BCUT2D eigenvalue weighted by Gasteiger charge is 2.03. The van der Waals surface area contributed by atoms with Crippen molar-refractivity contribution in [1.29, 1.82) is 0 Å². The average molecular weight is 319 g/mol. The lowest BCUT2D eigenvalue weighted by molar-refractivity contribution is 1.26. The van der Waals surface area contributed by atoms with Gasteiger partial charge in [-0.25, -0.2) is 0 Å². The highest BCUT2D eigenvalue weighted by Crippen LogP contribution is 2.25. The molecule has 0 aliphatic heterocycles. The molecule has 1 N–H and O–H groups in total. The van der Waals surface area contributed by atoms with E-state index in [1.165, 1.54) is 16.8 Å². The molecule has 0 atom stereocenters. The Balaban J connectivity index is 2.91. The van der Waals surface area contributed by atoms with Crippen LogP contribution in [-0.4, -0.2) is 6.54 Å². The van der Waals surface area contributed by atoms with Gasteiger partial charge in [0.2, 0.25) is 0 Å². The van der Waals surface area contributed by atoms with Crippen LogP contribution in [0.15, 0.2) is 27.7 Å². The highest BCUT2D eigenvalue weighted by atomic mass is 79.9. The van der Waals surface area contributed by atoms with Crippen LogP contribution < -0.4 is 5.32 Å². The second kappa shape index (κ2) is 4.99. The SMILES string of the molecule is C=C(Br)CNc1c(C)cc(Br)cc1C. The Kier molecular flexibility index (Phi) is 4.20. The third kappa shape index (κ3) is 3.14. The van der Waals surface area contributed by atoms with Crippen molar-refractivity contribution in [2.24, 2.45) is 0 Å². The van der Waals surface area contributed by atoms with Crippen molar-refractivity contribution in [3.05, 3.63) is 38.8 Å². The van der Waals surface area contributed by atoms with Gasteiger partial charge in [-0.15, -0.1) is 0 Å². The van der Waals surface area contributed by atoms with Gasteiger partial charge in [0, 0.05) is 21.2 Å². The van der Waals surface area contributed by atoms with Crippen molar-refractivity contribution in [2.45, 2.75) is 13.8 Å². The van der Waals surface area contributed by atoms with Crippen molar-refractivity contribution in [2.75, 3.05) is 11.9 Å². The van der Waals surface area contributed by atoms with E-state index >= 15 is 0 Å². The summed E-state index contributed by atoms with van der Waals surface area (Å²) in [4.78, 5) is 0. The highest BCUT2D eigenvalue weighted by molar-refractivity contribution is 9.11. The molecule has 0 saturated heterocycles. The molecule has 0 unspecified atom stereocenters. The average Bonchev–Trinajstić information content (AvgIpc) is 2.01. The van der Waals surface area contributed by atoms with E-state index in [9.17, 15) is 0 Å². The number of rotatable bonds is 3. The van der Waals surface area contributed by atoms with E-state index in [0.29, 0.717) is 0 Å². The zero-order valence-corrected chi connectivity index (χ0v) is 11.5. The second-order valence-corrected chi connectivity index (χ2v) is 5.32. The topological polar surface area (TPSA) is 12.0 Å². The molecule has 0 aliphatic carbocycles. The van der Waals surface area contributed by atoms with Crippen LogP contribution in [0.2, 0.25) is 0 Å². The number of aryl methyl sites for hydroxylation is 2. The molecule has 1 aromatic carbocycles. The Morgan fingerprint density at radius 1 is 1.36 bits per heavy atom. The van der Waals surface area contributed by atoms with Crippen LogP contribution >= 0.6 is 31.9 Å². The smallest absolute Gasteiger partial charge is 0.0460 e. The first kappa shape index (κ1) is 11.8. The number of anilines is 1. The Bertz CT molecular complexity index is 335. The molecule has 1 aromatic rings. The molecule has 0 heterocycles. The summed E-state index contributed by atoms with van der Waals surface area (Å²) in [5, 5.41) is 3.34. The summed E-state index contributed by atoms with van der Waals surface area (Å²) >= 11 is 6.80. The molecule has 0 fully saturated rings. The van der Waals surface area contributed by atoms with Crippen LogP contribution in [0.4, 0.5) is 5.69 Å². The van der Waals surface area contributed by atoms with Gasteiger partial charge in [-0.1, -0.05) is 38.4 Å². The molecular weight excluding hydrogens is 306 g/mol. The summed E-state index contributed by atoms with van der Waals surface area (Å²) in [5.41, 5.74) is 3.67. The van der Waals surface area contributed by atoms with Crippen LogP contribution in [0.3, 0.4) is 0 Å². The summed E-state index contributed by atoms with van der Waals surface area (Å²) < 4.78 is 2.08. The molecule has 3 heteroatoms. The van der Waals surface area contributed by atoms with Crippen molar-refractivity contribution >= 4 is 37.5 Å². The normalized spacial score (nSPS) is 10.0. The predicted octanol–water partition coefficient (Wildman–Crippen LogP) is 4.39. The molecule has 0 aromatic heterocycles. The number of benzene rings is 1. The molecule has 76 valence electrons. The zero-order chi connectivity index (χ0) is 10.7. The maximum atomic E-state index is 3.79. The minimum Gasteiger partial charge on any atom is -0.380 e. The minimum absolute atomic E-state index is 0.753. The fourth-order valence-electron chi connectivity index (χ4n) is 1.37. The largest absolute Gasteiger partial charge is 0.380 e. The van der Waals surface area contributed by atoms with Gasteiger partial charge >= 0.3 is 0 Å². The molecule has 14 heavy (non-hydrogen) atoms. The van der Waals surface area contributed by atoms with Crippen LogP contribution in [0.5, 0.6) is 0 Å². The first-order chi connectivity index (χ1) is 6.50. The van der Waals surface area contributed by atoms with E-state index in [-0.39, 0.29) is 0 Å². The Morgan fingerprint density at radius 3 is 2.29 bits per heavy atom. The summed E-state index contributed by atoms with van der Waals surface area (Å²) in [7, 11) is 0. The second-order valence-electron chi connectivity index (χ2n) is 3.29. The fraction of sp³-hybridized carbons (Fsp3) is 0.273. The fourth-order valence-corrected chi connectivity index (χ4v) is 2.20. The van der Waals surface area contributed by atoms with Gasteiger partial charge in [0.25, 0.3) is 0 Å². The van der Waals surface area contributed by atoms with Crippen molar-refractivity contribution in [3.8, 4) is 0 Å². The summed E-state index contributed by atoms with van der Waals surface area (Å²) in [6.07, 6.45) is 0. The van der Waals surface area contributed by atoms with E-state index in [1.807, 2.05) is 0 Å². The van der Waals surface area contributed by atoms with Crippen LogP contribution in [0.1, 0.15) is 11.1 Å². The van der Waals surface area contributed by atoms with Gasteiger partial charge < -0.3 is 5.32 Å². The van der Waals surface area contributed by atoms with Gasteiger partial charge in [0.15, 0.2) is 0 Å². The van der Waals surface area contributed by atoms with Gasteiger partial charge in [0.1, 0.15) is 0 Å². The number of halogens is 2. The first-order valence-electron chi connectivity index (χ1n) is 4.34. The predicted molar refractivity (Wildman–Crippen MR) is 70.2 cm³/mol. The molecule has 1 rings (SSSR count). The Labute approximate surface area is 102 Å². The quantitative estimate of drug-likeness (QED) is 0.871. The third-order valence-corrected chi connectivity index (χ3v) is 2.69. The van der Waals surface area contributed by atoms with E-state index in [1.54, 1.807) is 0 Å². The summed E-state index contributed by atoms with van der Waals surface area (Å²) in [6, 6.07) is 4.21. The number of hydrogen-bond donors (Lipinski definition) is 1. The van der Waals surface area contributed by atoms with E-state index in [4.69, 9.17) is 0 Å². The van der Waals surface area contributed by atoms with Crippen LogP contribution in [0, 0.1) is 13.8 Å². The third-order valence-electron chi connectivity index (χ3n) is 1.95. The standard InChI is InChI=1S/C11H13Br2N/c1-7-4-10(13)5-8(2)11(7)14-6-9(3)12/h4-5,14H,3,6H2,1-2H3. The zero-order valence-electron chi connectivity index (χ0n) is 8.32. The van der Waals surface area contributed by atoms with E-state index in [0.717, 1.165) is 15.5 Å². The monoisotopic (exact) mass is 317 g/mol. The molecule has 0 aliphatic rings. The van der Waals surface area contributed by atoms with Gasteiger partial charge in [-0.3, -0.25) is 0 Å². The van der Waals surface area contributed by atoms with Crippen LogP contribution in [-0.2, 0) is 0 Å². The number of nitrogens with one attached hydrogen (secondary N) is 1. The maximum Gasteiger partial charge on any atom is 0.0460 e. The first-order valence-corrected chi connectivity index (χ1v) is 5.93. The Hall–Kier alpha value is -0.280. The van der Waals surface area contributed by atoms with E-state index in [2.05, 4.69) is 69.7 Å². The minimum atomic E-state index is 0.753. The lowest BCUT2D eigenvalue weighted by Crippen LogP contribution is -2.04. The van der Waals surface area contributed by atoms with Gasteiger partial charge in [-0.2, -0.15) is 0 Å². The van der Waals surface area contributed by atoms with Crippen LogP contribution in [0.25, 0.3) is 0 Å². The molecule has 0 saturated carbocycles. The molecule has 0 spiro atoms. The maximum absolute atomic E-state index is 3.79.